The van der Waals surface area contributed by atoms with Crippen molar-refractivity contribution in [3.8, 4) is 11.6 Å². The van der Waals surface area contributed by atoms with Crippen LogP contribution < -0.4 is 4.74 Å². The first-order valence-electron chi connectivity index (χ1n) is 4.79. The van der Waals surface area contributed by atoms with Crippen LogP contribution in [0.2, 0.25) is 0 Å². The molecule has 2 heterocycles. The molecule has 80 valence electrons. The van der Waals surface area contributed by atoms with Crippen molar-refractivity contribution in [3.05, 3.63) is 47.9 Å². The van der Waals surface area contributed by atoms with Crippen LogP contribution in [-0.4, -0.2) is 16.3 Å². The lowest BCUT2D eigenvalue weighted by atomic mass is 10.3. The summed E-state index contributed by atoms with van der Waals surface area (Å²) in [6.45, 7) is 1.90. The molecule has 16 heavy (non-hydrogen) atoms. The fourth-order valence-corrected chi connectivity index (χ4v) is 1.16. The lowest BCUT2D eigenvalue weighted by Crippen LogP contribution is -1.90. The minimum atomic E-state index is 0.441. The van der Waals surface area contributed by atoms with E-state index in [2.05, 4.69) is 9.97 Å². The first-order chi connectivity index (χ1) is 7.78. The molecule has 0 aromatic carbocycles. The van der Waals surface area contributed by atoms with E-state index in [4.69, 9.17) is 4.74 Å². The summed E-state index contributed by atoms with van der Waals surface area (Å²) >= 11 is 0. The van der Waals surface area contributed by atoms with Crippen molar-refractivity contribution in [3.63, 3.8) is 0 Å². The summed E-state index contributed by atoms with van der Waals surface area (Å²) < 4.78 is 5.44. The molecule has 0 aliphatic carbocycles. The molecule has 4 heteroatoms. The second-order valence-electron chi connectivity index (χ2n) is 3.28. The standard InChI is InChI=1S/C12H10N2O2/c1-9-2-4-11(7-13-9)16-12-5-3-10(8-15)6-14-12/h2-8H,1H3. The summed E-state index contributed by atoms with van der Waals surface area (Å²) in [5, 5.41) is 0. The molecule has 0 unspecified atom stereocenters. The molecule has 4 nitrogen and oxygen atoms in total. The van der Waals surface area contributed by atoms with Crippen LogP contribution in [-0.2, 0) is 0 Å². The molecule has 0 bridgehead atoms. The molecule has 0 amide bonds. The molecular weight excluding hydrogens is 204 g/mol. The van der Waals surface area contributed by atoms with Gasteiger partial charge in [0.25, 0.3) is 0 Å². The third-order valence-corrected chi connectivity index (χ3v) is 2.00. The van der Waals surface area contributed by atoms with Crippen LogP contribution in [0.3, 0.4) is 0 Å². The molecule has 0 aliphatic rings. The molecule has 2 aromatic rings. The van der Waals surface area contributed by atoms with Gasteiger partial charge in [-0.2, -0.15) is 0 Å². The molecule has 0 saturated heterocycles. The number of hydrogen-bond donors (Lipinski definition) is 0. The van der Waals surface area contributed by atoms with E-state index in [-0.39, 0.29) is 0 Å². The van der Waals surface area contributed by atoms with Crippen molar-refractivity contribution < 1.29 is 9.53 Å². The number of carbonyl (C=O) groups excluding carboxylic acids is 1. The van der Waals surface area contributed by atoms with Crippen LogP contribution in [0.15, 0.2) is 36.7 Å². The second-order valence-corrected chi connectivity index (χ2v) is 3.28. The highest BCUT2D eigenvalue weighted by Crippen LogP contribution is 2.17. The maximum Gasteiger partial charge on any atom is 0.219 e. The number of aryl methyl sites for hydroxylation is 1. The van der Waals surface area contributed by atoms with E-state index in [1.54, 1.807) is 18.3 Å². The maximum absolute atomic E-state index is 10.4. The van der Waals surface area contributed by atoms with E-state index < -0.39 is 0 Å². The minimum Gasteiger partial charge on any atom is -0.437 e. The van der Waals surface area contributed by atoms with Gasteiger partial charge in [0.05, 0.1) is 6.20 Å². The zero-order valence-corrected chi connectivity index (χ0v) is 8.75. The molecule has 2 aromatic heterocycles. The van der Waals surface area contributed by atoms with Gasteiger partial charge < -0.3 is 4.74 Å². The Kier molecular flexibility index (Phi) is 2.91. The topological polar surface area (TPSA) is 52.1 Å². The maximum atomic E-state index is 10.4. The molecule has 0 radical (unpaired) electrons. The Morgan fingerprint density at radius 2 is 2.00 bits per heavy atom. The van der Waals surface area contributed by atoms with Gasteiger partial charge in [-0.15, -0.1) is 0 Å². The first-order valence-corrected chi connectivity index (χ1v) is 4.79. The third-order valence-electron chi connectivity index (χ3n) is 2.00. The summed E-state index contributed by atoms with van der Waals surface area (Å²) in [5.41, 5.74) is 1.45. The number of hydrogen-bond acceptors (Lipinski definition) is 4. The van der Waals surface area contributed by atoms with Gasteiger partial charge in [0, 0.05) is 23.5 Å². The van der Waals surface area contributed by atoms with Gasteiger partial charge in [0.15, 0.2) is 6.29 Å². The van der Waals surface area contributed by atoms with Gasteiger partial charge in [-0.3, -0.25) is 9.78 Å². The van der Waals surface area contributed by atoms with E-state index in [1.165, 1.54) is 6.20 Å². The van der Waals surface area contributed by atoms with Crippen molar-refractivity contribution in [2.24, 2.45) is 0 Å². The first kappa shape index (κ1) is 10.3. The van der Waals surface area contributed by atoms with Crippen LogP contribution in [0.25, 0.3) is 0 Å². The summed E-state index contributed by atoms with van der Waals surface area (Å²) in [4.78, 5) is 18.5. The van der Waals surface area contributed by atoms with Gasteiger partial charge in [-0.1, -0.05) is 0 Å². The summed E-state index contributed by atoms with van der Waals surface area (Å²) in [6.07, 6.45) is 3.83. The zero-order chi connectivity index (χ0) is 11.4. The molecular formula is C12H10N2O2. The Morgan fingerprint density at radius 3 is 2.56 bits per heavy atom. The van der Waals surface area contributed by atoms with Gasteiger partial charge in [0.1, 0.15) is 5.75 Å². The summed E-state index contributed by atoms with van der Waals surface area (Å²) in [6, 6.07) is 6.97. The molecule has 2 rings (SSSR count). The molecule has 0 aliphatic heterocycles. The SMILES string of the molecule is Cc1ccc(Oc2ccc(C=O)cn2)cn1. The van der Waals surface area contributed by atoms with Crippen LogP contribution >= 0.6 is 0 Å². The smallest absolute Gasteiger partial charge is 0.219 e. The molecule has 0 N–H and O–H groups in total. The number of carbonyl (C=O) groups is 1. The Bertz CT molecular complexity index is 477. The zero-order valence-electron chi connectivity index (χ0n) is 8.75. The average molecular weight is 214 g/mol. The van der Waals surface area contributed by atoms with Crippen LogP contribution in [0.4, 0.5) is 0 Å². The normalized spacial score (nSPS) is 9.81. The lowest BCUT2D eigenvalue weighted by Gasteiger charge is -2.03. The average Bonchev–Trinajstić information content (AvgIpc) is 2.33. The molecule has 0 fully saturated rings. The van der Waals surface area contributed by atoms with Crippen LogP contribution in [0.1, 0.15) is 16.1 Å². The quantitative estimate of drug-likeness (QED) is 0.736. The fraction of sp³-hybridized carbons (Fsp3) is 0.0833. The van der Waals surface area contributed by atoms with E-state index in [1.807, 2.05) is 19.1 Å². The Labute approximate surface area is 92.9 Å². The number of aldehydes is 1. The van der Waals surface area contributed by atoms with Crippen molar-refractivity contribution in [1.82, 2.24) is 9.97 Å². The number of ether oxygens (including phenoxy) is 1. The van der Waals surface area contributed by atoms with Crippen LogP contribution in [0.5, 0.6) is 11.6 Å². The van der Waals surface area contributed by atoms with Crippen molar-refractivity contribution in [2.45, 2.75) is 6.92 Å². The number of pyridine rings is 2. The highest BCUT2D eigenvalue weighted by molar-refractivity contribution is 5.74. The summed E-state index contributed by atoms with van der Waals surface area (Å²) in [7, 11) is 0. The molecule has 0 spiro atoms. The molecule has 0 saturated carbocycles. The number of nitrogens with zero attached hydrogens (tertiary/aromatic N) is 2. The second kappa shape index (κ2) is 4.53. The van der Waals surface area contributed by atoms with Gasteiger partial charge in [-0.05, 0) is 25.1 Å². The Morgan fingerprint density at radius 1 is 1.12 bits per heavy atom. The Balaban J connectivity index is 2.14. The van der Waals surface area contributed by atoms with Gasteiger partial charge in [0.2, 0.25) is 5.88 Å². The van der Waals surface area contributed by atoms with E-state index in [0.717, 1.165) is 12.0 Å². The van der Waals surface area contributed by atoms with Crippen molar-refractivity contribution in [1.29, 1.82) is 0 Å². The van der Waals surface area contributed by atoms with Crippen LogP contribution in [0, 0.1) is 6.92 Å². The monoisotopic (exact) mass is 214 g/mol. The number of aromatic nitrogens is 2. The van der Waals surface area contributed by atoms with Gasteiger partial charge >= 0.3 is 0 Å². The fourth-order valence-electron chi connectivity index (χ4n) is 1.16. The van der Waals surface area contributed by atoms with E-state index >= 15 is 0 Å². The molecule has 0 atom stereocenters. The van der Waals surface area contributed by atoms with E-state index in [9.17, 15) is 4.79 Å². The predicted octanol–water partition coefficient (Wildman–Crippen LogP) is 2.39. The van der Waals surface area contributed by atoms with Gasteiger partial charge in [-0.25, -0.2) is 4.98 Å². The number of rotatable bonds is 3. The third kappa shape index (κ3) is 2.42. The highest BCUT2D eigenvalue weighted by Gasteiger charge is 1.99. The van der Waals surface area contributed by atoms with E-state index in [0.29, 0.717) is 17.2 Å². The van der Waals surface area contributed by atoms with Crippen molar-refractivity contribution >= 4 is 6.29 Å². The van der Waals surface area contributed by atoms with Crippen molar-refractivity contribution in [2.75, 3.05) is 0 Å². The highest BCUT2D eigenvalue weighted by atomic mass is 16.5. The lowest BCUT2D eigenvalue weighted by molar-refractivity contribution is 0.112. The largest absolute Gasteiger partial charge is 0.437 e. The Hall–Kier alpha value is -2.23. The predicted molar refractivity (Wildman–Crippen MR) is 58.7 cm³/mol. The summed E-state index contributed by atoms with van der Waals surface area (Å²) in [5.74, 6) is 1.06. The minimum absolute atomic E-state index is 0.441.